The summed E-state index contributed by atoms with van der Waals surface area (Å²) in [5.41, 5.74) is -0.714. The number of aromatic nitrogens is 4. The molecule has 104 valence electrons. The zero-order valence-corrected chi connectivity index (χ0v) is 11.2. The molecule has 0 fully saturated rings. The summed E-state index contributed by atoms with van der Waals surface area (Å²) in [6, 6.07) is 9.23. The normalized spacial score (nSPS) is 10.7. The fourth-order valence-electron chi connectivity index (χ4n) is 1.92. The molecule has 0 saturated heterocycles. The molecule has 21 heavy (non-hydrogen) atoms. The van der Waals surface area contributed by atoms with Crippen LogP contribution in [0.15, 0.2) is 41.2 Å². The van der Waals surface area contributed by atoms with Gasteiger partial charge in [-0.05, 0) is 18.2 Å². The standard InChI is InChI=1S/C13H7ClN4O3/c14-9-5-6-10(16-15-9)18-12(19)8-4-2-1-3-7(8)11(17-18)13(20)21/h1-6H,(H,20,21). The highest BCUT2D eigenvalue weighted by Gasteiger charge is 2.16. The van der Waals surface area contributed by atoms with Gasteiger partial charge >= 0.3 is 5.97 Å². The molecule has 0 radical (unpaired) electrons. The molecule has 0 aliphatic rings. The van der Waals surface area contributed by atoms with Gasteiger partial charge in [-0.15, -0.1) is 10.2 Å². The van der Waals surface area contributed by atoms with Gasteiger partial charge in [0.05, 0.1) is 5.39 Å². The van der Waals surface area contributed by atoms with Crippen LogP contribution in [0.3, 0.4) is 0 Å². The van der Waals surface area contributed by atoms with Crippen LogP contribution < -0.4 is 5.56 Å². The Labute approximate surface area is 122 Å². The quantitative estimate of drug-likeness (QED) is 0.771. The van der Waals surface area contributed by atoms with Crippen LogP contribution in [0.5, 0.6) is 0 Å². The fraction of sp³-hybridized carbons (Fsp3) is 0. The lowest BCUT2D eigenvalue weighted by atomic mass is 10.1. The first-order chi connectivity index (χ1) is 10.1. The average Bonchev–Trinajstić information content (AvgIpc) is 2.49. The minimum atomic E-state index is -1.23. The van der Waals surface area contributed by atoms with Crippen molar-refractivity contribution in [2.45, 2.75) is 0 Å². The van der Waals surface area contributed by atoms with Gasteiger partial charge in [-0.25, -0.2) is 4.79 Å². The zero-order chi connectivity index (χ0) is 15.0. The predicted molar refractivity (Wildman–Crippen MR) is 74.9 cm³/mol. The maximum Gasteiger partial charge on any atom is 0.357 e. The van der Waals surface area contributed by atoms with E-state index < -0.39 is 11.5 Å². The molecule has 7 nitrogen and oxygen atoms in total. The number of halogens is 1. The first-order valence-corrected chi connectivity index (χ1v) is 6.20. The number of rotatable bonds is 2. The second-order valence-electron chi connectivity index (χ2n) is 4.13. The summed E-state index contributed by atoms with van der Waals surface area (Å²) in [5, 5.41) is 21.1. The summed E-state index contributed by atoms with van der Waals surface area (Å²) in [4.78, 5) is 23.7. The molecule has 0 atom stereocenters. The van der Waals surface area contributed by atoms with Gasteiger partial charge in [-0.3, -0.25) is 4.79 Å². The van der Waals surface area contributed by atoms with Crippen LogP contribution in [0.1, 0.15) is 10.5 Å². The Bertz CT molecular complexity index is 905. The van der Waals surface area contributed by atoms with E-state index in [-0.39, 0.29) is 27.4 Å². The van der Waals surface area contributed by atoms with Crippen molar-refractivity contribution in [3.63, 3.8) is 0 Å². The molecule has 0 bridgehead atoms. The van der Waals surface area contributed by atoms with Crippen molar-refractivity contribution in [2.75, 3.05) is 0 Å². The first kappa shape index (κ1) is 13.2. The van der Waals surface area contributed by atoms with Gasteiger partial charge in [-0.1, -0.05) is 29.8 Å². The van der Waals surface area contributed by atoms with E-state index in [9.17, 15) is 14.7 Å². The summed E-state index contributed by atoms with van der Waals surface area (Å²) < 4.78 is 0.898. The van der Waals surface area contributed by atoms with Crippen molar-refractivity contribution in [1.82, 2.24) is 20.0 Å². The smallest absolute Gasteiger partial charge is 0.357 e. The summed E-state index contributed by atoms with van der Waals surface area (Å²) >= 11 is 5.64. The number of aromatic carboxylic acids is 1. The van der Waals surface area contributed by atoms with Crippen LogP contribution in [-0.2, 0) is 0 Å². The Hall–Kier alpha value is -2.80. The van der Waals surface area contributed by atoms with E-state index in [4.69, 9.17) is 11.6 Å². The maximum atomic E-state index is 12.4. The third-order valence-electron chi connectivity index (χ3n) is 2.84. The number of nitrogens with zero attached hydrogens (tertiary/aromatic N) is 4. The van der Waals surface area contributed by atoms with E-state index >= 15 is 0 Å². The van der Waals surface area contributed by atoms with Gasteiger partial charge in [-0.2, -0.15) is 9.78 Å². The summed E-state index contributed by atoms with van der Waals surface area (Å²) in [6.07, 6.45) is 0. The van der Waals surface area contributed by atoms with Crippen LogP contribution in [-0.4, -0.2) is 31.1 Å². The maximum absolute atomic E-state index is 12.4. The molecule has 3 rings (SSSR count). The summed E-state index contributed by atoms with van der Waals surface area (Å²) in [7, 11) is 0. The Balaban J connectivity index is 2.39. The van der Waals surface area contributed by atoms with Crippen molar-refractivity contribution in [2.24, 2.45) is 0 Å². The van der Waals surface area contributed by atoms with E-state index in [2.05, 4.69) is 15.3 Å². The molecule has 8 heteroatoms. The van der Waals surface area contributed by atoms with Gasteiger partial charge in [0.25, 0.3) is 5.56 Å². The van der Waals surface area contributed by atoms with Crippen LogP contribution in [0.4, 0.5) is 0 Å². The van der Waals surface area contributed by atoms with Crippen LogP contribution in [0, 0.1) is 0 Å². The number of hydrogen-bond acceptors (Lipinski definition) is 5. The lowest BCUT2D eigenvalue weighted by Crippen LogP contribution is -2.25. The van der Waals surface area contributed by atoms with Gasteiger partial charge in [0.1, 0.15) is 0 Å². The Morgan fingerprint density at radius 3 is 2.43 bits per heavy atom. The molecule has 0 spiro atoms. The van der Waals surface area contributed by atoms with Crippen LogP contribution in [0.25, 0.3) is 16.6 Å². The molecule has 2 heterocycles. The van der Waals surface area contributed by atoms with Gasteiger partial charge in [0.2, 0.25) is 0 Å². The molecule has 0 amide bonds. The van der Waals surface area contributed by atoms with E-state index in [0.29, 0.717) is 0 Å². The van der Waals surface area contributed by atoms with Crippen molar-refractivity contribution in [3.8, 4) is 5.82 Å². The lowest BCUT2D eigenvalue weighted by molar-refractivity contribution is 0.0691. The fourth-order valence-corrected chi connectivity index (χ4v) is 2.03. The van der Waals surface area contributed by atoms with Crippen LogP contribution >= 0.6 is 11.6 Å². The SMILES string of the molecule is O=C(O)c1nn(-c2ccc(Cl)nn2)c(=O)c2ccccc12. The van der Waals surface area contributed by atoms with Gasteiger partial charge < -0.3 is 5.11 Å². The molecule has 0 saturated carbocycles. The van der Waals surface area contributed by atoms with Gasteiger partial charge in [0.15, 0.2) is 16.7 Å². The van der Waals surface area contributed by atoms with Gasteiger partial charge in [0, 0.05) is 5.39 Å². The molecule has 0 aliphatic heterocycles. The third kappa shape index (κ3) is 2.23. The van der Waals surface area contributed by atoms with Crippen molar-refractivity contribution in [3.05, 3.63) is 57.6 Å². The number of carbonyl (C=O) groups is 1. The van der Waals surface area contributed by atoms with E-state index in [0.717, 1.165) is 4.68 Å². The first-order valence-electron chi connectivity index (χ1n) is 5.83. The Morgan fingerprint density at radius 1 is 1.10 bits per heavy atom. The van der Waals surface area contributed by atoms with Crippen LogP contribution in [0.2, 0.25) is 5.15 Å². The summed E-state index contributed by atoms with van der Waals surface area (Å²) in [6.45, 7) is 0. The highest BCUT2D eigenvalue weighted by atomic mass is 35.5. The molecule has 2 aromatic heterocycles. The Kier molecular flexibility index (Phi) is 3.11. The lowest BCUT2D eigenvalue weighted by Gasteiger charge is -2.07. The van der Waals surface area contributed by atoms with Crippen molar-refractivity contribution in [1.29, 1.82) is 0 Å². The highest BCUT2D eigenvalue weighted by molar-refractivity contribution is 6.29. The molecule has 1 N–H and O–H groups in total. The minimum Gasteiger partial charge on any atom is -0.476 e. The topological polar surface area (TPSA) is 98.0 Å². The third-order valence-corrected chi connectivity index (χ3v) is 3.04. The number of carboxylic acid groups (broad SMARTS) is 1. The van der Waals surface area contributed by atoms with E-state index in [1.807, 2.05) is 0 Å². The molecule has 3 aromatic rings. The van der Waals surface area contributed by atoms with Crippen molar-refractivity contribution >= 4 is 28.3 Å². The molecular weight excluding hydrogens is 296 g/mol. The Morgan fingerprint density at radius 2 is 1.81 bits per heavy atom. The molecular formula is C13H7ClN4O3. The zero-order valence-electron chi connectivity index (χ0n) is 10.4. The molecule has 0 unspecified atom stereocenters. The number of carboxylic acids is 1. The second kappa shape index (κ2) is 4.95. The molecule has 1 aromatic carbocycles. The largest absolute Gasteiger partial charge is 0.476 e. The van der Waals surface area contributed by atoms with E-state index in [1.54, 1.807) is 12.1 Å². The highest BCUT2D eigenvalue weighted by Crippen LogP contribution is 2.14. The minimum absolute atomic E-state index is 0.0950. The molecule has 0 aliphatic carbocycles. The monoisotopic (exact) mass is 302 g/mol. The number of fused-ring (bicyclic) bond motifs is 1. The second-order valence-corrected chi connectivity index (χ2v) is 4.52. The van der Waals surface area contributed by atoms with Crippen molar-refractivity contribution < 1.29 is 9.90 Å². The summed E-state index contributed by atoms with van der Waals surface area (Å²) in [5.74, 6) is -1.14. The predicted octanol–water partition coefficient (Wildman–Crippen LogP) is 1.53. The average molecular weight is 303 g/mol. The number of benzene rings is 1. The van der Waals surface area contributed by atoms with E-state index in [1.165, 1.54) is 24.3 Å². The number of hydrogen-bond donors (Lipinski definition) is 1.